The van der Waals surface area contributed by atoms with Gasteiger partial charge in [-0.1, -0.05) is 24.3 Å². The normalized spacial score (nSPS) is 16.4. The summed E-state index contributed by atoms with van der Waals surface area (Å²) in [5.74, 6) is -0.491. The number of nitrogens with one attached hydrogen (secondary N) is 2. The van der Waals surface area contributed by atoms with Crippen molar-refractivity contribution in [3.8, 4) is 0 Å². The number of para-hydroxylation sites is 1. The van der Waals surface area contributed by atoms with E-state index in [4.69, 9.17) is 12.2 Å². The van der Waals surface area contributed by atoms with Gasteiger partial charge in [0.15, 0.2) is 5.11 Å². The number of halogens is 2. The second-order valence-corrected chi connectivity index (χ2v) is 9.22. The number of nitrogens with zero attached hydrogens (tertiary/aromatic N) is 2. The highest BCUT2D eigenvalue weighted by Crippen LogP contribution is 2.30. The van der Waals surface area contributed by atoms with E-state index < -0.39 is 0 Å². The second kappa shape index (κ2) is 10.4. The monoisotopic (exact) mass is 472 g/mol. The van der Waals surface area contributed by atoms with Gasteiger partial charge in [0.05, 0.1) is 11.7 Å². The molecule has 2 aromatic carbocycles. The van der Waals surface area contributed by atoms with E-state index in [1.54, 1.807) is 29.5 Å². The average Bonchev–Trinajstić information content (AvgIpc) is 3.29. The van der Waals surface area contributed by atoms with Crippen LogP contribution in [0.4, 0.5) is 20.2 Å². The highest BCUT2D eigenvalue weighted by molar-refractivity contribution is 7.80. The number of thiocarbonyl (C=S) groups is 1. The van der Waals surface area contributed by atoms with Crippen LogP contribution in [0, 0.1) is 11.6 Å². The Bertz CT molecular complexity index is 1040. The SMILES string of the molecule is C[C@@H](NC(=S)Nc1cccc(F)c1)[C@@H](c1cccs1)N1CCN(c2ccccc2F)CC1. The van der Waals surface area contributed by atoms with Crippen molar-refractivity contribution in [1.29, 1.82) is 0 Å². The first-order valence-corrected chi connectivity index (χ1v) is 11.9. The third kappa shape index (κ3) is 5.43. The van der Waals surface area contributed by atoms with Crippen molar-refractivity contribution in [3.63, 3.8) is 0 Å². The molecule has 32 heavy (non-hydrogen) atoms. The Kier molecular flexibility index (Phi) is 7.34. The maximum Gasteiger partial charge on any atom is 0.171 e. The van der Waals surface area contributed by atoms with Gasteiger partial charge in [-0.05, 0) is 60.9 Å². The van der Waals surface area contributed by atoms with E-state index in [-0.39, 0.29) is 23.7 Å². The molecule has 3 aromatic rings. The lowest BCUT2D eigenvalue weighted by Crippen LogP contribution is -2.52. The Morgan fingerprint density at radius 3 is 2.47 bits per heavy atom. The molecule has 2 heterocycles. The van der Waals surface area contributed by atoms with Crippen LogP contribution >= 0.6 is 23.6 Å². The van der Waals surface area contributed by atoms with E-state index >= 15 is 0 Å². The topological polar surface area (TPSA) is 30.5 Å². The average molecular weight is 473 g/mol. The molecule has 2 atom stereocenters. The lowest BCUT2D eigenvalue weighted by atomic mass is 10.0. The Labute approximate surface area is 196 Å². The molecule has 4 nitrogen and oxygen atoms in total. The Morgan fingerprint density at radius 2 is 1.78 bits per heavy atom. The molecule has 0 amide bonds. The number of benzene rings is 2. The van der Waals surface area contributed by atoms with Crippen LogP contribution in [0.3, 0.4) is 0 Å². The van der Waals surface area contributed by atoms with Crippen LogP contribution in [0.15, 0.2) is 66.0 Å². The third-order valence-corrected chi connectivity index (χ3v) is 6.81. The summed E-state index contributed by atoms with van der Waals surface area (Å²) in [6.07, 6.45) is 0. The molecule has 1 aromatic heterocycles. The van der Waals surface area contributed by atoms with E-state index in [0.29, 0.717) is 16.5 Å². The smallest absolute Gasteiger partial charge is 0.171 e. The summed E-state index contributed by atoms with van der Waals surface area (Å²) in [6.45, 7) is 5.23. The first-order valence-electron chi connectivity index (χ1n) is 10.6. The fourth-order valence-corrected chi connectivity index (χ4v) is 5.44. The van der Waals surface area contributed by atoms with E-state index in [9.17, 15) is 8.78 Å². The van der Waals surface area contributed by atoms with Gasteiger partial charge in [0.25, 0.3) is 0 Å². The standard InChI is InChI=1S/C24H26F2N4S2/c1-17(27-24(31)28-19-7-4-6-18(25)16-19)23(22-10-5-15-32-22)30-13-11-29(12-14-30)21-9-3-2-8-20(21)26/h2-10,15-17,23H,11-14H2,1H3,(H2,27,28,31)/t17-,23+/m1/s1. The number of piperazine rings is 1. The lowest BCUT2D eigenvalue weighted by Gasteiger charge is -2.42. The maximum absolute atomic E-state index is 14.2. The summed E-state index contributed by atoms with van der Waals surface area (Å²) in [6, 6.07) is 17.5. The summed E-state index contributed by atoms with van der Waals surface area (Å²) < 4.78 is 27.7. The van der Waals surface area contributed by atoms with Gasteiger partial charge in [0.1, 0.15) is 11.6 Å². The van der Waals surface area contributed by atoms with Crippen molar-refractivity contribution < 1.29 is 8.78 Å². The summed E-state index contributed by atoms with van der Waals surface area (Å²) in [5.41, 5.74) is 1.27. The molecule has 1 saturated heterocycles. The molecule has 0 spiro atoms. The lowest BCUT2D eigenvalue weighted by molar-refractivity contribution is 0.163. The number of rotatable bonds is 6. The first kappa shape index (κ1) is 22.6. The zero-order valence-corrected chi connectivity index (χ0v) is 19.4. The zero-order valence-electron chi connectivity index (χ0n) is 17.8. The third-order valence-electron chi connectivity index (χ3n) is 5.65. The molecule has 4 rings (SSSR count). The zero-order chi connectivity index (χ0) is 22.5. The summed E-state index contributed by atoms with van der Waals surface area (Å²) in [7, 11) is 0. The Balaban J connectivity index is 1.43. The Morgan fingerprint density at radius 1 is 1.00 bits per heavy atom. The van der Waals surface area contributed by atoms with E-state index in [0.717, 1.165) is 26.2 Å². The van der Waals surface area contributed by atoms with Crippen molar-refractivity contribution in [2.45, 2.75) is 19.0 Å². The maximum atomic E-state index is 14.2. The molecule has 0 bridgehead atoms. The van der Waals surface area contributed by atoms with Crippen LogP contribution in [-0.2, 0) is 0 Å². The molecule has 1 aliphatic rings. The van der Waals surface area contributed by atoms with Crippen LogP contribution < -0.4 is 15.5 Å². The molecule has 168 valence electrons. The first-order chi connectivity index (χ1) is 15.5. The molecular formula is C24H26F2N4S2. The molecule has 0 unspecified atom stereocenters. The minimum Gasteiger partial charge on any atom is -0.367 e. The van der Waals surface area contributed by atoms with Crippen molar-refractivity contribution in [1.82, 2.24) is 10.2 Å². The van der Waals surface area contributed by atoms with Crippen LogP contribution in [0.25, 0.3) is 0 Å². The number of hydrogen-bond acceptors (Lipinski definition) is 4. The van der Waals surface area contributed by atoms with Gasteiger partial charge < -0.3 is 15.5 Å². The van der Waals surface area contributed by atoms with Gasteiger partial charge in [-0.15, -0.1) is 11.3 Å². The van der Waals surface area contributed by atoms with Gasteiger partial charge in [0, 0.05) is 42.8 Å². The van der Waals surface area contributed by atoms with Crippen molar-refractivity contribution >= 4 is 40.0 Å². The number of thiophene rings is 1. The van der Waals surface area contributed by atoms with Crippen LogP contribution in [-0.4, -0.2) is 42.2 Å². The molecular weight excluding hydrogens is 446 g/mol. The van der Waals surface area contributed by atoms with Crippen molar-refractivity contribution in [2.24, 2.45) is 0 Å². The molecule has 1 fully saturated rings. The largest absolute Gasteiger partial charge is 0.367 e. The van der Waals surface area contributed by atoms with E-state index in [1.807, 2.05) is 12.1 Å². The quantitative estimate of drug-likeness (QED) is 0.478. The van der Waals surface area contributed by atoms with Crippen LogP contribution in [0.5, 0.6) is 0 Å². The summed E-state index contributed by atoms with van der Waals surface area (Å²) in [5, 5.41) is 8.97. The van der Waals surface area contributed by atoms with Crippen molar-refractivity contribution in [3.05, 3.63) is 82.6 Å². The minimum absolute atomic E-state index is 0.0159. The number of anilines is 2. The molecule has 1 aliphatic heterocycles. The highest BCUT2D eigenvalue weighted by Gasteiger charge is 2.31. The second-order valence-electron chi connectivity index (χ2n) is 7.83. The molecule has 2 N–H and O–H groups in total. The van der Waals surface area contributed by atoms with Crippen LogP contribution in [0.2, 0.25) is 0 Å². The Hall–Kier alpha value is -2.55. The predicted octanol–water partition coefficient (Wildman–Crippen LogP) is 5.26. The van der Waals surface area contributed by atoms with E-state index in [1.165, 1.54) is 23.1 Å². The fraction of sp³-hybridized carbons (Fsp3) is 0.292. The minimum atomic E-state index is -0.310. The highest BCUT2D eigenvalue weighted by atomic mass is 32.1. The fourth-order valence-electron chi connectivity index (χ4n) is 4.17. The van der Waals surface area contributed by atoms with E-state index in [2.05, 4.69) is 44.9 Å². The van der Waals surface area contributed by atoms with Crippen molar-refractivity contribution in [2.75, 3.05) is 36.4 Å². The number of hydrogen-bond donors (Lipinski definition) is 2. The summed E-state index contributed by atoms with van der Waals surface area (Å²) in [4.78, 5) is 5.77. The van der Waals surface area contributed by atoms with Gasteiger partial charge in [-0.25, -0.2) is 8.78 Å². The summed E-state index contributed by atoms with van der Waals surface area (Å²) >= 11 is 7.21. The van der Waals surface area contributed by atoms with Crippen LogP contribution in [0.1, 0.15) is 17.8 Å². The van der Waals surface area contributed by atoms with Gasteiger partial charge in [0.2, 0.25) is 0 Å². The van der Waals surface area contributed by atoms with Gasteiger partial charge >= 0.3 is 0 Å². The molecule has 0 aliphatic carbocycles. The molecule has 0 saturated carbocycles. The molecule has 0 radical (unpaired) electrons. The van der Waals surface area contributed by atoms with Gasteiger partial charge in [-0.3, -0.25) is 4.90 Å². The predicted molar refractivity (Wildman–Crippen MR) is 132 cm³/mol. The van der Waals surface area contributed by atoms with Gasteiger partial charge in [-0.2, -0.15) is 0 Å². The molecule has 8 heteroatoms.